The van der Waals surface area contributed by atoms with Gasteiger partial charge in [0.25, 0.3) is 0 Å². The zero-order valence-corrected chi connectivity index (χ0v) is 9.61. The minimum Gasteiger partial charge on any atom is -0.356 e. The third kappa shape index (κ3) is 1.45. The molecule has 0 heterocycles. The molecule has 86 valence electrons. The largest absolute Gasteiger partial charge is 0.356 e. The van der Waals surface area contributed by atoms with Crippen molar-refractivity contribution in [1.29, 1.82) is 0 Å². The van der Waals surface area contributed by atoms with Crippen LogP contribution in [0.15, 0.2) is 0 Å². The highest BCUT2D eigenvalue weighted by Gasteiger charge is 2.67. The maximum Gasteiger partial charge on any atom is 0.223 e. The molecule has 4 unspecified atom stereocenters. The highest BCUT2D eigenvalue weighted by atomic mass is 16.2. The van der Waals surface area contributed by atoms with Crippen LogP contribution < -0.4 is 5.32 Å². The lowest BCUT2D eigenvalue weighted by Crippen LogP contribution is -2.28. The SMILES string of the molecule is C#CCCCNC(=O)C1C2C3CCC(C3)C12. The summed E-state index contributed by atoms with van der Waals surface area (Å²) < 4.78 is 0. The topological polar surface area (TPSA) is 29.1 Å². The highest BCUT2D eigenvalue weighted by Crippen LogP contribution is 2.69. The van der Waals surface area contributed by atoms with E-state index in [0.29, 0.717) is 11.8 Å². The number of rotatable bonds is 4. The van der Waals surface area contributed by atoms with Crippen LogP contribution in [0, 0.1) is 41.9 Å². The molecule has 0 aromatic heterocycles. The molecule has 1 amide bonds. The van der Waals surface area contributed by atoms with Crippen molar-refractivity contribution in [3.63, 3.8) is 0 Å². The van der Waals surface area contributed by atoms with Crippen molar-refractivity contribution in [2.75, 3.05) is 6.54 Å². The molecule has 0 saturated heterocycles. The van der Waals surface area contributed by atoms with Crippen LogP contribution in [0.4, 0.5) is 0 Å². The smallest absolute Gasteiger partial charge is 0.223 e. The molecule has 3 fully saturated rings. The third-order valence-electron chi connectivity index (χ3n) is 4.84. The summed E-state index contributed by atoms with van der Waals surface area (Å²) in [5.41, 5.74) is 0. The summed E-state index contributed by atoms with van der Waals surface area (Å²) in [4.78, 5) is 11.9. The van der Waals surface area contributed by atoms with Crippen LogP contribution >= 0.6 is 0 Å². The normalized spacial score (nSPS) is 42.6. The van der Waals surface area contributed by atoms with Crippen molar-refractivity contribution < 1.29 is 4.79 Å². The molecule has 2 nitrogen and oxygen atoms in total. The zero-order chi connectivity index (χ0) is 11.1. The van der Waals surface area contributed by atoms with Crippen molar-refractivity contribution >= 4 is 5.91 Å². The Hall–Kier alpha value is -0.970. The van der Waals surface area contributed by atoms with E-state index in [4.69, 9.17) is 6.42 Å². The van der Waals surface area contributed by atoms with Crippen molar-refractivity contribution in [2.45, 2.75) is 32.1 Å². The van der Waals surface area contributed by atoms with Gasteiger partial charge in [0.05, 0.1) is 0 Å². The Labute approximate surface area is 97.2 Å². The van der Waals surface area contributed by atoms with Gasteiger partial charge < -0.3 is 5.32 Å². The van der Waals surface area contributed by atoms with Gasteiger partial charge in [-0.1, -0.05) is 0 Å². The Kier molecular flexibility index (Phi) is 2.42. The molecule has 3 aliphatic carbocycles. The Balaban J connectivity index is 1.46. The van der Waals surface area contributed by atoms with E-state index in [2.05, 4.69) is 11.2 Å². The second-order valence-electron chi connectivity index (χ2n) is 5.61. The minimum absolute atomic E-state index is 0.309. The lowest BCUT2D eigenvalue weighted by atomic mass is 10.0. The van der Waals surface area contributed by atoms with E-state index >= 15 is 0 Å². The van der Waals surface area contributed by atoms with E-state index in [1.54, 1.807) is 0 Å². The first kappa shape index (κ1) is 10.2. The van der Waals surface area contributed by atoms with Crippen molar-refractivity contribution in [2.24, 2.45) is 29.6 Å². The molecule has 0 radical (unpaired) electrons. The van der Waals surface area contributed by atoms with Gasteiger partial charge in [-0.25, -0.2) is 0 Å². The van der Waals surface area contributed by atoms with Gasteiger partial charge in [0.2, 0.25) is 5.91 Å². The van der Waals surface area contributed by atoms with Crippen molar-refractivity contribution in [1.82, 2.24) is 5.32 Å². The molecule has 1 N–H and O–H groups in total. The number of hydrogen-bond donors (Lipinski definition) is 1. The number of terminal acetylenes is 1. The Morgan fingerprint density at radius 1 is 1.31 bits per heavy atom. The first-order valence-corrected chi connectivity index (χ1v) is 6.54. The van der Waals surface area contributed by atoms with Gasteiger partial charge in [0.15, 0.2) is 0 Å². The van der Waals surface area contributed by atoms with E-state index in [1.807, 2.05) is 0 Å². The average Bonchev–Trinajstić information content (AvgIpc) is 2.74. The summed E-state index contributed by atoms with van der Waals surface area (Å²) >= 11 is 0. The molecule has 2 heteroatoms. The van der Waals surface area contributed by atoms with Gasteiger partial charge in [-0.3, -0.25) is 4.79 Å². The first-order valence-electron chi connectivity index (χ1n) is 6.54. The summed E-state index contributed by atoms with van der Waals surface area (Å²) in [6.07, 6.45) is 11.0. The van der Waals surface area contributed by atoms with E-state index in [0.717, 1.165) is 43.1 Å². The van der Waals surface area contributed by atoms with Gasteiger partial charge >= 0.3 is 0 Å². The van der Waals surface area contributed by atoms with Crippen LogP contribution in [-0.2, 0) is 4.79 Å². The highest BCUT2D eigenvalue weighted by molar-refractivity contribution is 5.82. The average molecular weight is 217 g/mol. The standard InChI is InChI=1S/C14H19NO/c1-2-3-4-7-15-14(16)13-11-9-5-6-10(8-9)12(11)13/h1,9-13H,3-8H2,(H,15,16). The van der Waals surface area contributed by atoms with Crippen LogP contribution in [0.1, 0.15) is 32.1 Å². The number of carbonyl (C=O) groups excluding carboxylic acids is 1. The van der Waals surface area contributed by atoms with Gasteiger partial charge in [-0.05, 0) is 49.4 Å². The predicted octanol–water partition coefficient (Wildman–Crippen LogP) is 1.81. The van der Waals surface area contributed by atoms with E-state index in [1.165, 1.54) is 19.3 Å². The summed E-state index contributed by atoms with van der Waals surface area (Å²) in [6.45, 7) is 0.758. The van der Waals surface area contributed by atoms with Gasteiger partial charge in [0.1, 0.15) is 0 Å². The molecule has 3 aliphatic rings. The first-order chi connectivity index (χ1) is 7.83. The van der Waals surface area contributed by atoms with Gasteiger partial charge in [0, 0.05) is 18.9 Å². The van der Waals surface area contributed by atoms with E-state index in [9.17, 15) is 4.79 Å². The van der Waals surface area contributed by atoms with Crippen molar-refractivity contribution in [3.05, 3.63) is 0 Å². The summed E-state index contributed by atoms with van der Waals surface area (Å²) in [5, 5.41) is 3.04. The Morgan fingerprint density at radius 2 is 2.00 bits per heavy atom. The third-order valence-corrected chi connectivity index (χ3v) is 4.84. The number of unbranched alkanes of at least 4 members (excludes halogenated alkanes) is 1. The molecule has 3 saturated carbocycles. The maximum absolute atomic E-state index is 11.9. The molecule has 16 heavy (non-hydrogen) atoms. The molecule has 0 spiro atoms. The lowest BCUT2D eigenvalue weighted by molar-refractivity contribution is -0.123. The zero-order valence-electron chi connectivity index (χ0n) is 9.61. The molecule has 3 rings (SSSR count). The van der Waals surface area contributed by atoms with Crippen LogP contribution in [0.25, 0.3) is 0 Å². The number of nitrogens with one attached hydrogen (secondary N) is 1. The van der Waals surface area contributed by atoms with E-state index < -0.39 is 0 Å². The quantitative estimate of drug-likeness (QED) is 0.564. The lowest BCUT2D eigenvalue weighted by Gasteiger charge is -2.08. The number of carbonyl (C=O) groups is 1. The fourth-order valence-electron chi connectivity index (χ4n) is 4.20. The molecule has 0 aromatic rings. The molecular weight excluding hydrogens is 198 g/mol. The fraction of sp³-hybridized carbons (Fsp3) is 0.786. The predicted molar refractivity (Wildman–Crippen MR) is 62.4 cm³/mol. The molecule has 4 atom stereocenters. The number of hydrogen-bond acceptors (Lipinski definition) is 1. The molecule has 2 bridgehead atoms. The monoisotopic (exact) mass is 217 g/mol. The van der Waals surface area contributed by atoms with Crippen LogP contribution in [0.2, 0.25) is 0 Å². The summed E-state index contributed by atoms with van der Waals surface area (Å²) in [5.74, 6) is 6.56. The van der Waals surface area contributed by atoms with E-state index in [-0.39, 0.29) is 0 Å². The summed E-state index contributed by atoms with van der Waals surface area (Å²) in [6, 6.07) is 0. The second-order valence-corrected chi connectivity index (χ2v) is 5.61. The minimum atomic E-state index is 0.309. The van der Waals surface area contributed by atoms with Gasteiger partial charge in [-0.15, -0.1) is 12.3 Å². The maximum atomic E-state index is 11.9. The second kappa shape index (κ2) is 3.80. The van der Waals surface area contributed by atoms with Crippen LogP contribution in [-0.4, -0.2) is 12.5 Å². The molecular formula is C14H19NO. The van der Waals surface area contributed by atoms with Crippen LogP contribution in [0.5, 0.6) is 0 Å². The molecule has 0 aromatic carbocycles. The Morgan fingerprint density at radius 3 is 2.62 bits per heavy atom. The number of fused-ring (bicyclic) bond motifs is 5. The fourth-order valence-corrected chi connectivity index (χ4v) is 4.20. The number of amides is 1. The summed E-state index contributed by atoms with van der Waals surface area (Å²) in [7, 11) is 0. The molecule has 0 aliphatic heterocycles. The Bertz CT molecular complexity index is 327. The van der Waals surface area contributed by atoms with Gasteiger partial charge in [-0.2, -0.15) is 0 Å². The van der Waals surface area contributed by atoms with Crippen molar-refractivity contribution in [3.8, 4) is 12.3 Å². The van der Waals surface area contributed by atoms with Crippen LogP contribution in [0.3, 0.4) is 0 Å².